The van der Waals surface area contributed by atoms with Gasteiger partial charge in [0.2, 0.25) is 0 Å². The summed E-state index contributed by atoms with van der Waals surface area (Å²) < 4.78 is 10.6. The summed E-state index contributed by atoms with van der Waals surface area (Å²) in [6.45, 7) is 5.84. The lowest BCUT2D eigenvalue weighted by Crippen LogP contribution is -2.07. The molecular weight excluding hydrogens is 316 g/mol. The van der Waals surface area contributed by atoms with E-state index in [0.717, 1.165) is 16.7 Å². The van der Waals surface area contributed by atoms with Gasteiger partial charge < -0.3 is 9.47 Å². The number of benzene rings is 2. The van der Waals surface area contributed by atoms with E-state index in [4.69, 9.17) is 9.47 Å². The van der Waals surface area contributed by atoms with Crippen molar-refractivity contribution < 1.29 is 19.1 Å². The molecule has 0 heterocycles. The molecule has 0 aliphatic heterocycles. The molecule has 0 fully saturated rings. The van der Waals surface area contributed by atoms with Gasteiger partial charge in [-0.1, -0.05) is 12.1 Å². The topological polar surface area (TPSA) is 52.6 Å². The zero-order chi connectivity index (χ0) is 18.6. The summed E-state index contributed by atoms with van der Waals surface area (Å²) in [7, 11) is 3.10. The Morgan fingerprint density at radius 2 is 1.36 bits per heavy atom. The fourth-order valence-corrected chi connectivity index (χ4v) is 2.75. The van der Waals surface area contributed by atoms with Crippen molar-refractivity contribution >= 4 is 11.6 Å². The molecule has 0 N–H and O–H groups in total. The highest BCUT2D eigenvalue weighted by Gasteiger charge is 2.16. The monoisotopic (exact) mass is 340 g/mol. The van der Waals surface area contributed by atoms with E-state index >= 15 is 0 Å². The van der Waals surface area contributed by atoms with Crippen LogP contribution in [0.5, 0.6) is 11.5 Å². The Hall–Kier alpha value is -2.62. The van der Waals surface area contributed by atoms with Crippen LogP contribution in [-0.2, 0) is 0 Å². The lowest BCUT2D eigenvalue weighted by Gasteiger charge is -2.12. The number of methoxy groups -OCH3 is 2. The molecule has 0 aliphatic carbocycles. The van der Waals surface area contributed by atoms with Gasteiger partial charge >= 0.3 is 0 Å². The van der Waals surface area contributed by atoms with E-state index in [-0.39, 0.29) is 24.4 Å². The van der Waals surface area contributed by atoms with E-state index in [9.17, 15) is 9.59 Å². The van der Waals surface area contributed by atoms with Gasteiger partial charge in [-0.3, -0.25) is 9.59 Å². The smallest absolute Gasteiger partial charge is 0.163 e. The lowest BCUT2D eigenvalue weighted by atomic mass is 9.98. The summed E-state index contributed by atoms with van der Waals surface area (Å²) in [4.78, 5) is 24.8. The largest absolute Gasteiger partial charge is 0.493 e. The third-order valence-electron chi connectivity index (χ3n) is 4.39. The fourth-order valence-electron chi connectivity index (χ4n) is 2.75. The molecular formula is C21H24O4. The Morgan fingerprint density at radius 1 is 0.760 bits per heavy atom. The molecule has 4 heteroatoms. The van der Waals surface area contributed by atoms with Crippen LogP contribution in [0.1, 0.15) is 50.2 Å². The predicted octanol–water partition coefficient (Wildman–Crippen LogP) is 4.47. The van der Waals surface area contributed by atoms with Gasteiger partial charge in [-0.15, -0.1) is 0 Å². The van der Waals surface area contributed by atoms with E-state index in [2.05, 4.69) is 0 Å². The summed E-state index contributed by atoms with van der Waals surface area (Å²) >= 11 is 0. The highest BCUT2D eigenvalue weighted by molar-refractivity contribution is 6.02. The Morgan fingerprint density at radius 3 is 1.92 bits per heavy atom. The number of carbonyl (C=O) groups is 2. The van der Waals surface area contributed by atoms with Crippen molar-refractivity contribution in [3.05, 3.63) is 58.1 Å². The molecule has 0 aliphatic rings. The number of hydrogen-bond acceptors (Lipinski definition) is 4. The molecule has 0 saturated carbocycles. The average molecular weight is 340 g/mol. The molecule has 0 atom stereocenters. The first-order valence-corrected chi connectivity index (χ1v) is 8.23. The van der Waals surface area contributed by atoms with Gasteiger partial charge in [0.25, 0.3) is 0 Å². The minimum Gasteiger partial charge on any atom is -0.493 e. The fraction of sp³-hybridized carbons (Fsp3) is 0.333. The number of hydrogen-bond donors (Lipinski definition) is 0. The highest BCUT2D eigenvalue weighted by Crippen LogP contribution is 2.32. The highest BCUT2D eigenvalue weighted by atomic mass is 16.5. The van der Waals surface area contributed by atoms with Gasteiger partial charge in [-0.2, -0.15) is 0 Å². The second kappa shape index (κ2) is 7.97. The van der Waals surface area contributed by atoms with Crippen molar-refractivity contribution in [3.63, 3.8) is 0 Å². The van der Waals surface area contributed by atoms with Crippen molar-refractivity contribution in [1.82, 2.24) is 0 Å². The Kier molecular flexibility index (Phi) is 5.97. The van der Waals surface area contributed by atoms with Gasteiger partial charge in [-0.05, 0) is 55.7 Å². The van der Waals surface area contributed by atoms with E-state index in [1.165, 1.54) is 7.11 Å². The Balaban J connectivity index is 2.10. The van der Waals surface area contributed by atoms with Gasteiger partial charge in [0, 0.05) is 24.0 Å². The first-order chi connectivity index (χ1) is 11.9. The van der Waals surface area contributed by atoms with Crippen LogP contribution in [0.2, 0.25) is 0 Å². The molecule has 2 aromatic carbocycles. The molecule has 0 saturated heterocycles. The maximum Gasteiger partial charge on any atom is 0.163 e. The lowest BCUT2D eigenvalue weighted by molar-refractivity contribution is 0.0917. The molecule has 0 aromatic heterocycles. The van der Waals surface area contributed by atoms with E-state index in [0.29, 0.717) is 22.6 Å². The molecule has 0 amide bonds. The van der Waals surface area contributed by atoms with E-state index < -0.39 is 0 Å². The second-order valence-corrected chi connectivity index (χ2v) is 6.17. The first-order valence-electron chi connectivity index (χ1n) is 8.23. The number of aryl methyl sites for hydroxylation is 3. The van der Waals surface area contributed by atoms with Crippen molar-refractivity contribution in [2.24, 2.45) is 0 Å². The maximum atomic E-state index is 12.5. The standard InChI is InChI=1S/C21H24O4/c1-13-6-7-16(10-14(13)2)18(22)8-9-19(23)17-11-15(3)21(25-5)20(12-17)24-4/h6-7,10-12H,8-9H2,1-5H3. The van der Waals surface area contributed by atoms with Gasteiger partial charge in [0.1, 0.15) is 0 Å². The molecule has 0 bridgehead atoms. The maximum absolute atomic E-state index is 12.5. The van der Waals surface area contributed by atoms with Gasteiger partial charge in [0.05, 0.1) is 14.2 Å². The number of Topliss-reactive ketones (excluding diaryl/α,β-unsaturated/α-hetero) is 2. The van der Waals surface area contributed by atoms with Crippen LogP contribution in [0, 0.1) is 20.8 Å². The predicted molar refractivity (Wildman–Crippen MR) is 98.1 cm³/mol. The molecule has 25 heavy (non-hydrogen) atoms. The minimum atomic E-state index is -0.0822. The molecule has 2 rings (SSSR count). The summed E-state index contributed by atoms with van der Waals surface area (Å²) in [6, 6.07) is 9.05. The first kappa shape index (κ1) is 18.7. The number of ether oxygens (including phenoxy) is 2. The van der Waals surface area contributed by atoms with Crippen LogP contribution in [-0.4, -0.2) is 25.8 Å². The molecule has 132 valence electrons. The molecule has 0 spiro atoms. The van der Waals surface area contributed by atoms with Crippen LogP contribution in [0.15, 0.2) is 30.3 Å². The third kappa shape index (κ3) is 4.27. The van der Waals surface area contributed by atoms with Crippen molar-refractivity contribution in [1.29, 1.82) is 0 Å². The summed E-state index contributed by atoms with van der Waals surface area (Å²) in [5.41, 5.74) is 4.23. The zero-order valence-corrected chi connectivity index (χ0v) is 15.4. The molecule has 4 nitrogen and oxygen atoms in total. The van der Waals surface area contributed by atoms with E-state index in [1.54, 1.807) is 19.2 Å². The number of rotatable bonds is 7. The number of ketones is 2. The average Bonchev–Trinajstić information content (AvgIpc) is 2.60. The van der Waals surface area contributed by atoms with Crippen LogP contribution < -0.4 is 9.47 Å². The van der Waals surface area contributed by atoms with E-state index in [1.807, 2.05) is 39.0 Å². The van der Waals surface area contributed by atoms with Gasteiger partial charge in [0.15, 0.2) is 23.1 Å². The third-order valence-corrected chi connectivity index (χ3v) is 4.39. The van der Waals surface area contributed by atoms with Crippen LogP contribution in [0.3, 0.4) is 0 Å². The zero-order valence-electron chi connectivity index (χ0n) is 15.4. The van der Waals surface area contributed by atoms with Crippen LogP contribution in [0.4, 0.5) is 0 Å². The minimum absolute atomic E-state index is 0.0198. The summed E-state index contributed by atoms with van der Waals surface area (Å²) in [6.07, 6.45) is 0.357. The quantitative estimate of drug-likeness (QED) is 0.698. The Bertz CT molecular complexity index is 806. The SMILES string of the molecule is COc1cc(C(=O)CCC(=O)c2ccc(C)c(C)c2)cc(C)c1OC. The van der Waals surface area contributed by atoms with Crippen molar-refractivity contribution in [3.8, 4) is 11.5 Å². The normalized spacial score (nSPS) is 10.4. The van der Waals surface area contributed by atoms with Crippen LogP contribution >= 0.6 is 0 Å². The summed E-state index contributed by atoms with van der Waals surface area (Å²) in [5, 5.41) is 0. The van der Waals surface area contributed by atoms with Crippen molar-refractivity contribution in [2.45, 2.75) is 33.6 Å². The second-order valence-electron chi connectivity index (χ2n) is 6.17. The molecule has 2 aromatic rings. The van der Waals surface area contributed by atoms with Gasteiger partial charge in [-0.25, -0.2) is 0 Å². The number of carbonyl (C=O) groups excluding carboxylic acids is 2. The summed E-state index contributed by atoms with van der Waals surface area (Å²) in [5.74, 6) is 1.03. The van der Waals surface area contributed by atoms with Crippen molar-refractivity contribution in [2.75, 3.05) is 14.2 Å². The van der Waals surface area contributed by atoms with Crippen LogP contribution in [0.25, 0.3) is 0 Å². The molecule has 0 radical (unpaired) electrons. The Labute approximate surface area is 148 Å². The molecule has 0 unspecified atom stereocenters.